The van der Waals surface area contributed by atoms with Crippen molar-refractivity contribution in [2.75, 3.05) is 0 Å². The summed E-state index contributed by atoms with van der Waals surface area (Å²) in [5.41, 5.74) is 2.30. The molecule has 0 aliphatic carbocycles. The Balaban J connectivity index is 2.10. The quantitative estimate of drug-likeness (QED) is 0.862. The lowest BCUT2D eigenvalue weighted by atomic mass is 10.2. The zero-order chi connectivity index (χ0) is 15.4. The molecule has 110 valence electrons. The predicted molar refractivity (Wildman–Crippen MR) is 80.4 cm³/mol. The molecule has 0 saturated carbocycles. The summed E-state index contributed by atoms with van der Waals surface area (Å²) in [5, 5.41) is 13.4. The standard InChI is InChI=1S/C15H15ClN2O3/c1-10-15(16)13(18(2)17-10)9-21-12-5-3-4-11(8-12)6-7-14(19)20/h3-8H,9H2,1-2H3,(H,19,20). The third kappa shape index (κ3) is 3.86. The van der Waals surface area contributed by atoms with Crippen molar-refractivity contribution in [3.8, 4) is 5.75 Å². The lowest BCUT2D eigenvalue weighted by molar-refractivity contribution is -0.131. The van der Waals surface area contributed by atoms with Gasteiger partial charge in [0, 0.05) is 13.1 Å². The molecule has 6 heteroatoms. The highest BCUT2D eigenvalue weighted by Crippen LogP contribution is 2.22. The minimum atomic E-state index is -0.988. The van der Waals surface area contributed by atoms with Crippen LogP contribution in [0, 0.1) is 6.92 Å². The van der Waals surface area contributed by atoms with Crippen molar-refractivity contribution in [3.05, 3.63) is 52.3 Å². The maximum Gasteiger partial charge on any atom is 0.328 e. The van der Waals surface area contributed by atoms with Gasteiger partial charge in [-0.3, -0.25) is 4.68 Å². The zero-order valence-electron chi connectivity index (χ0n) is 11.7. The maximum atomic E-state index is 10.5. The van der Waals surface area contributed by atoms with E-state index < -0.39 is 5.97 Å². The zero-order valence-corrected chi connectivity index (χ0v) is 12.5. The third-order valence-corrected chi connectivity index (χ3v) is 3.41. The molecule has 0 aliphatic heterocycles. The third-order valence-electron chi connectivity index (χ3n) is 2.91. The molecule has 0 atom stereocenters. The molecular formula is C15H15ClN2O3. The molecular weight excluding hydrogens is 292 g/mol. The van der Waals surface area contributed by atoms with Gasteiger partial charge in [0.2, 0.25) is 0 Å². The Morgan fingerprint density at radius 1 is 1.52 bits per heavy atom. The molecule has 0 aliphatic rings. The van der Waals surface area contributed by atoms with Crippen LogP contribution in [0.4, 0.5) is 0 Å². The first-order valence-corrected chi connectivity index (χ1v) is 6.67. The number of rotatable bonds is 5. The summed E-state index contributed by atoms with van der Waals surface area (Å²) in [6, 6.07) is 7.16. The van der Waals surface area contributed by atoms with Crippen LogP contribution in [0.2, 0.25) is 5.02 Å². The van der Waals surface area contributed by atoms with Gasteiger partial charge in [-0.05, 0) is 30.7 Å². The molecule has 21 heavy (non-hydrogen) atoms. The molecule has 2 aromatic rings. The van der Waals surface area contributed by atoms with Gasteiger partial charge in [-0.2, -0.15) is 5.10 Å². The van der Waals surface area contributed by atoms with Gasteiger partial charge in [-0.15, -0.1) is 0 Å². The van der Waals surface area contributed by atoms with E-state index in [1.807, 2.05) is 14.0 Å². The molecule has 1 heterocycles. The Bertz CT molecular complexity index is 692. The fourth-order valence-corrected chi connectivity index (χ4v) is 2.08. The topological polar surface area (TPSA) is 64.4 Å². The van der Waals surface area contributed by atoms with E-state index in [0.717, 1.165) is 23.0 Å². The van der Waals surface area contributed by atoms with Gasteiger partial charge in [0.05, 0.1) is 16.4 Å². The highest BCUT2D eigenvalue weighted by Gasteiger charge is 2.11. The number of aliphatic carboxylic acids is 1. The average molecular weight is 307 g/mol. The van der Waals surface area contributed by atoms with Crippen LogP contribution in [0.5, 0.6) is 5.75 Å². The van der Waals surface area contributed by atoms with Gasteiger partial charge in [0.25, 0.3) is 0 Å². The molecule has 0 bridgehead atoms. The predicted octanol–water partition coefficient (Wildman–Crippen LogP) is 3.06. The summed E-state index contributed by atoms with van der Waals surface area (Å²) in [7, 11) is 1.81. The van der Waals surface area contributed by atoms with E-state index in [2.05, 4.69) is 5.10 Å². The lowest BCUT2D eigenvalue weighted by Crippen LogP contribution is -2.03. The highest BCUT2D eigenvalue weighted by molar-refractivity contribution is 6.31. The molecule has 0 unspecified atom stereocenters. The van der Waals surface area contributed by atoms with Crippen molar-refractivity contribution in [3.63, 3.8) is 0 Å². The van der Waals surface area contributed by atoms with E-state index in [0.29, 0.717) is 17.4 Å². The van der Waals surface area contributed by atoms with Gasteiger partial charge in [-0.1, -0.05) is 23.7 Å². The number of hydrogen-bond donors (Lipinski definition) is 1. The van der Waals surface area contributed by atoms with Crippen LogP contribution in [0.1, 0.15) is 17.0 Å². The first kappa shape index (κ1) is 15.1. The molecule has 0 spiro atoms. The van der Waals surface area contributed by atoms with Crippen molar-refractivity contribution in [1.29, 1.82) is 0 Å². The Morgan fingerprint density at radius 2 is 2.29 bits per heavy atom. The van der Waals surface area contributed by atoms with Crippen LogP contribution in [-0.4, -0.2) is 20.9 Å². The summed E-state index contributed by atoms with van der Waals surface area (Å²) in [6.07, 6.45) is 2.59. The van der Waals surface area contributed by atoms with Crippen LogP contribution < -0.4 is 4.74 Å². The summed E-state index contributed by atoms with van der Waals surface area (Å²) in [5.74, 6) is -0.351. The van der Waals surface area contributed by atoms with Crippen LogP contribution in [0.25, 0.3) is 6.08 Å². The smallest absolute Gasteiger partial charge is 0.328 e. The van der Waals surface area contributed by atoms with Crippen molar-refractivity contribution >= 4 is 23.6 Å². The van der Waals surface area contributed by atoms with Crippen molar-refractivity contribution in [2.24, 2.45) is 7.05 Å². The molecule has 0 radical (unpaired) electrons. The van der Waals surface area contributed by atoms with E-state index in [4.69, 9.17) is 21.4 Å². The normalized spacial score (nSPS) is 11.0. The number of carboxylic acids is 1. The number of nitrogens with zero attached hydrogens (tertiary/aromatic N) is 2. The number of benzene rings is 1. The number of ether oxygens (including phenoxy) is 1. The number of aromatic nitrogens is 2. The van der Waals surface area contributed by atoms with E-state index in [1.165, 1.54) is 6.08 Å². The summed E-state index contributed by atoms with van der Waals surface area (Å²) in [4.78, 5) is 10.5. The second kappa shape index (κ2) is 6.45. The second-order valence-corrected chi connectivity index (χ2v) is 4.88. The number of aryl methyl sites for hydroxylation is 2. The average Bonchev–Trinajstić information content (AvgIpc) is 2.68. The Hall–Kier alpha value is -2.27. The number of halogens is 1. The Kier molecular flexibility index (Phi) is 4.65. The Labute approximate surface area is 127 Å². The number of carboxylic acid groups (broad SMARTS) is 1. The summed E-state index contributed by atoms with van der Waals surface area (Å²) >= 11 is 6.16. The molecule has 0 amide bonds. The molecule has 5 nitrogen and oxygen atoms in total. The van der Waals surface area contributed by atoms with Gasteiger partial charge in [0.15, 0.2) is 0 Å². The fraction of sp³-hybridized carbons (Fsp3) is 0.200. The second-order valence-electron chi connectivity index (χ2n) is 4.50. The van der Waals surface area contributed by atoms with Crippen molar-refractivity contribution < 1.29 is 14.6 Å². The molecule has 0 fully saturated rings. The highest BCUT2D eigenvalue weighted by atomic mass is 35.5. The molecule has 1 aromatic carbocycles. The van der Waals surface area contributed by atoms with Gasteiger partial charge in [0.1, 0.15) is 12.4 Å². The van der Waals surface area contributed by atoms with E-state index in [-0.39, 0.29) is 0 Å². The SMILES string of the molecule is Cc1nn(C)c(COc2cccc(C=CC(=O)O)c2)c1Cl. The molecule has 2 rings (SSSR count). The summed E-state index contributed by atoms with van der Waals surface area (Å²) < 4.78 is 7.37. The van der Waals surface area contributed by atoms with E-state index in [9.17, 15) is 4.79 Å². The van der Waals surface area contributed by atoms with Crippen LogP contribution in [0.15, 0.2) is 30.3 Å². The van der Waals surface area contributed by atoms with Gasteiger partial charge < -0.3 is 9.84 Å². The first-order chi connectivity index (χ1) is 9.97. The minimum Gasteiger partial charge on any atom is -0.487 e. The lowest BCUT2D eigenvalue weighted by Gasteiger charge is -2.07. The molecule has 0 saturated heterocycles. The van der Waals surface area contributed by atoms with Gasteiger partial charge >= 0.3 is 5.97 Å². The fourth-order valence-electron chi connectivity index (χ4n) is 1.86. The maximum absolute atomic E-state index is 10.5. The number of carbonyl (C=O) groups is 1. The van der Waals surface area contributed by atoms with Crippen LogP contribution in [0.3, 0.4) is 0 Å². The molecule has 1 aromatic heterocycles. The minimum absolute atomic E-state index is 0.294. The first-order valence-electron chi connectivity index (χ1n) is 6.29. The van der Waals surface area contributed by atoms with Crippen molar-refractivity contribution in [1.82, 2.24) is 9.78 Å². The van der Waals surface area contributed by atoms with Crippen LogP contribution >= 0.6 is 11.6 Å². The summed E-state index contributed by atoms with van der Waals surface area (Å²) in [6.45, 7) is 2.13. The largest absolute Gasteiger partial charge is 0.487 e. The van der Waals surface area contributed by atoms with Gasteiger partial charge in [-0.25, -0.2) is 4.79 Å². The van der Waals surface area contributed by atoms with E-state index in [1.54, 1.807) is 28.9 Å². The molecule has 1 N–H and O–H groups in total. The number of hydrogen-bond acceptors (Lipinski definition) is 3. The Morgan fingerprint density at radius 3 is 2.90 bits per heavy atom. The van der Waals surface area contributed by atoms with Crippen LogP contribution in [-0.2, 0) is 18.4 Å². The van der Waals surface area contributed by atoms with E-state index >= 15 is 0 Å². The monoisotopic (exact) mass is 306 g/mol. The van der Waals surface area contributed by atoms with Crippen molar-refractivity contribution in [2.45, 2.75) is 13.5 Å².